The first-order valence-corrected chi connectivity index (χ1v) is 9.13. The van der Waals surface area contributed by atoms with Crippen LogP contribution in [0.5, 0.6) is 0 Å². The van der Waals surface area contributed by atoms with Gasteiger partial charge < -0.3 is 10.6 Å². The van der Waals surface area contributed by atoms with E-state index in [-0.39, 0.29) is 11.6 Å². The first-order valence-electron chi connectivity index (χ1n) is 9.13. The van der Waals surface area contributed by atoms with Crippen LogP contribution < -0.4 is 10.6 Å². The molecule has 7 heteroatoms. The Morgan fingerprint density at radius 3 is 2.52 bits per heavy atom. The van der Waals surface area contributed by atoms with Crippen molar-refractivity contribution in [1.82, 2.24) is 0 Å². The second-order valence-electron chi connectivity index (χ2n) is 7.15. The minimum atomic E-state index is -1.32. The minimum Gasteiger partial charge on any atom is -0.349 e. The lowest BCUT2D eigenvalue weighted by molar-refractivity contribution is -0.384. The molecule has 2 heterocycles. The summed E-state index contributed by atoms with van der Waals surface area (Å²) in [4.78, 5) is 28.8. The molecule has 0 aliphatic carbocycles. The molecule has 0 saturated heterocycles. The number of aliphatic imine (C=N–C) groups is 1. The Morgan fingerprint density at radius 1 is 1.00 bits per heavy atom. The van der Waals surface area contributed by atoms with Gasteiger partial charge in [-0.15, -0.1) is 0 Å². The van der Waals surface area contributed by atoms with Crippen molar-refractivity contribution in [2.75, 3.05) is 10.6 Å². The highest BCUT2D eigenvalue weighted by atomic mass is 16.6. The van der Waals surface area contributed by atoms with Crippen LogP contribution in [-0.4, -0.2) is 16.5 Å². The molecule has 0 fully saturated rings. The Morgan fingerprint density at radius 2 is 1.76 bits per heavy atom. The molecule has 29 heavy (non-hydrogen) atoms. The highest BCUT2D eigenvalue weighted by molar-refractivity contribution is 6.21. The number of nitrogens with one attached hydrogen (secondary N) is 2. The molecule has 142 valence electrons. The molecule has 2 N–H and O–H groups in total. The number of anilines is 2. The molecular formula is C22H16N4O3. The molecule has 5 rings (SSSR count). The van der Waals surface area contributed by atoms with Crippen molar-refractivity contribution < 1.29 is 9.72 Å². The Bertz CT molecular complexity index is 1220. The van der Waals surface area contributed by atoms with Crippen molar-refractivity contribution in [3.63, 3.8) is 0 Å². The van der Waals surface area contributed by atoms with Crippen molar-refractivity contribution in [2.24, 2.45) is 4.99 Å². The van der Waals surface area contributed by atoms with Crippen molar-refractivity contribution in [3.05, 3.63) is 99.1 Å². The number of hydrogen-bond donors (Lipinski definition) is 2. The molecule has 0 radical (unpaired) electrons. The largest absolute Gasteiger partial charge is 0.349 e. The van der Waals surface area contributed by atoms with Gasteiger partial charge in [-0.1, -0.05) is 42.0 Å². The van der Waals surface area contributed by atoms with Crippen LogP contribution in [0.4, 0.5) is 17.1 Å². The summed E-state index contributed by atoms with van der Waals surface area (Å²) in [7, 11) is 0. The van der Waals surface area contributed by atoms with E-state index in [1.54, 1.807) is 6.07 Å². The number of carbonyl (C=O) groups excluding carboxylic acids is 1. The third-order valence-corrected chi connectivity index (χ3v) is 5.25. The summed E-state index contributed by atoms with van der Waals surface area (Å²) >= 11 is 0. The monoisotopic (exact) mass is 384 g/mol. The van der Waals surface area contributed by atoms with Gasteiger partial charge in [-0.2, -0.15) is 0 Å². The van der Waals surface area contributed by atoms with Gasteiger partial charge in [0.05, 0.1) is 10.6 Å². The summed E-state index contributed by atoms with van der Waals surface area (Å²) in [6, 6.07) is 19.7. The number of hydrogen-bond acceptors (Lipinski definition) is 5. The highest BCUT2D eigenvalue weighted by Gasteiger charge is 2.50. The topological polar surface area (TPSA) is 96.6 Å². The summed E-state index contributed by atoms with van der Waals surface area (Å²) in [5, 5.41) is 17.5. The smallest absolute Gasteiger partial charge is 0.277 e. The van der Waals surface area contributed by atoms with Crippen molar-refractivity contribution in [1.29, 1.82) is 0 Å². The van der Waals surface area contributed by atoms with E-state index in [1.165, 1.54) is 12.1 Å². The maximum Gasteiger partial charge on any atom is 0.277 e. The van der Waals surface area contributed by atoms with Gasteiger partial charge in [-0.25, -0.2) is 4.99 Å². The molecule has 1 unspecified atom stereocenters. The van der Waals surface area contributed by atoms with Crippen LogP contribution in [0.25, 0.3) is 0 Å². The van der Waals surface area contributed by atoms with E-state index < -0.39 is 10.6 Å². The average Bonchev–Trinajstić information content (AvgIpc) is 2.98. The number of fused-ring (bicyclic) bond motifs is 3. The Hall–Kier alpha value is -4.00. The first kappa shape index (κ1) is 17.1. The third-order valence-electron chi connectivity index (χ3n) is 5.25. The van der Waals surface area contributed by atoms with E-state index in [9.17, 15) is 14.9 Å². The number of aryl methyl sites for hydroxylation is 1. The molecule has 7 nitrogen and oxygen atoms in total. The summed E-state index contributed by atoms with van der Waals surface area (Å²) in [6.07, 6.45) is 0. The van der Waals surface area contributed by atoms with E-state index >= 15 is 0 Å². The van der Waals surface area contributed by atoms with Gasteiger partial charge >= 0.3 is 0 Å². The number of carbonyl (C=O) groups is 1. The summed E-state index contributed by atoms with van der Waals surface area (Å²) < 4.78 is 0. The van der Waals surface area contributed by atoms with Gasteiger partial charge in [0.25, 0.3) is 11.6 Å². The fourth-order valence-electron chi connectivity index (χ4n) is 3.85. The molecule has 2 aliphatic heterocycles. The number of benzene rings is 3. The molecule has 1 spiro atoms. The van der Waals surface area contributed by atoms with Gasteiger partial charge in [0, 0.05) is 40.2 Å². The second kappa shape index (κ2) is 6.00. The van der Waals surface area contributed by atoms with E-state index in [4.69, 9.17) is 4.99 Å². The zero-order chi connectivity index (χ0) is 20.2. The number of nitro groups is 1. The van der Waals surface area contributed by atoms with Gasteiger partial charge in [0.15, 0.2) is 0 Å². The highest BCUT2D eigenvalue weighted by Crippen LogP contribution is 2.44. The number of rotatable bonds is 2. The third kappa shape index (κ3) is 2.51. The molecule has 0 bridgehead atoms. The van der Waals surface area contributed by atoms with Crippen LogP contribution in [-0.2, 0) is 10.5 Å². The van der Waals surface area contributed by atoms with Gasteiger partial charge in [0.2, 0.25) is 5.66 Å². The van der Waals surface area contributed by atoms with Crippen molar-refractivity contribution >= 4 is 28.7 Å². The van der Waals surface area contributed by atoms with Gasteiger partial charge in [0.1, 0.15) is 0 Å². The molecule has 2 aliphatic rings. The Balaban J connectivity index is 1.80. The Kier molecular flexibility index (Phi) is 3.54. The van der Waals surface area contributed by atoms with Crippen LogP contribution in [0.1, 0.15) is 22.3 Å². The van der Waals surface area contributed by atoms with Crippen molar-refractivity contribution in [2.45, 2.75) is 12.6 Å². The van der Waals surface area contributed by atoms with Crippen LogP contribution in [0.2, 0.25) is 0 Å². The lowest BCUT2D eigenvalue weighted by Crippen LogP contribution is -2.44. The molecule has 3 aromatic rings. The molecule has 1 atom stereocenters. The van der Waals surface area contributed by atoms with E-state index in [0.29, 0.717) is 22.6 Å². The van der Waals surface area contributed by atoms with E-state index in [0.717, 1.165) is 16.7 Å². The summed E-state index contributed by atoms with van der Waals surface area (Å²) in [6.45, 7) is 1.96. The molecule has 0 saturated carbocycles. The van der Waals surface area contributed by atoms with Crippen LogP contribution in [0, 0.1) is 17.0 Å². The number of nitro benzene ring substituents is 1. The van der Waals surface area contributed by atoms with Crippen LogP contribution >= 0.6 is 0 Å². The van der Waals surface area contributed by atoms with E-state index in [1.807, 2.05) is 55.5 Å². The van der Waals surface area contributed by atoms with Crippen LogP contribution in [0.15, 0.2) is 71.7 Å². The average molecular weight is 384 g/mol. The number of non-ortho nitro benzene ring substituents is 1. The first-order chi connectivity index (χ1) is 14.0. The standard InChI is InChI=1S/C22H16N4O3/c1-13-7-9-19-17(11-13)22(21(27)23-19)24-18-10-8-15(26(28)29)12-16(18)20(25-22)14-5-3-2-4-6-14/h2-12,24H,1H3,(H,23,27). The zero-order valence-corrected chi connectivity index (χ0v) is 15.5. The van der Waals surface area contributed by atoms with E-state index in [2.05, 4.69) is 10.6 Å². The lowest BCUT2D eigenvalue weighted by Gasteiger charge is -2.32. The normalized spacial score (nSPS) is 19.1. The zero-order valence-electron chi connectivity index (χ0n) is 15.5. The quantitative estimate of drug-likeness (QED) is 0.516. The molecular weight excluding hydrogens is 368 g/mol. The predicted octanol–water partition coefficient (Wildman–Crippen LogP) is 3.97. The Labute approximate surface area is 166 Å². The number of amides is 1. The number of nitrogens with zero attached hydrogens (tertiary/aromatic N) is 2. The molecule has 3 aromatic carbocycles. The fourth-order valence-corrected chi connectivity index (χ4v) is 3.85. The molecule has 1 amide bonds. The maximum absolute atomic E-state index is 13.1. The summed E-state index contributed by atoms with van der Waals surface area (Å²) in [5.41, 5.74) is 3.62. The van der Waals surface area contributed by atoms with Crippen LogP contribution in [0.3, 0.4) is 0 Å². The van der Waals surface area contributed by atoms with Gasteiger partial charge in [-0.3, -0.25) is 14.9 Å². The maximum atomic E-state index is 13.1. The predicted molar refractivity (Wildman–Crippen MR) is 110 cm³/mol. The second-order valence-corrected chi connectivity index (χ2v) is 7.15. The lowest BCUT2D eigenvalue weighted by atomic mass is 9.91. The van der Waals surface area contributed by atoms with Gasteiger partial charge in [-0.05, 0) is 25.1 Å². The SMILES string of the molecule is Cc1ccc2c(c1)C1(N=C(c3ccccc3)c3cc([N+](=O)[O-])ccc3N1)C(=O)N2. The molecule has 0 aromatic heterocycles. The van der Waals surface area contributed by atoms with Crippen molar-refractivity contribution in [3.8, 4) is 0 Å². The fraction of sp³-hybridized carbons (Fsp3) is 0.0909. The minimum absolute atomic E-state index is 0.0303. The summed E-state index contributed by atoms with van der Waals surface area (Å²) in [5.74, 6) is -0.282.